The summed E-state index contributed by atoms with van der Waals surface area (Å²) < 4.78 is 16.1. The summed E-state index contributed by atoms with van der Waals surface area (Å²) in [6.07, 6.45) is 0. The Morgan fingerprint density at radius 2 is 1.96 bits per heavy atom. The summed E-state index contributed by atoms with van der Waals surface area (Å²) in [5, 5.41) is 6.77. The van der Waals surface area contributed by atoms with Crippen LogP contribution in [0.4, 0.5) is 0 Å². The van der Waals surface area contributed by atoms with Gasteiger partial charge < -0.3 is 19.0 Å². The number of hydrogen-bond acceptors (Lipinski definition) is 6. The highest BCUT2D eigenvalue weighted by Crippen LogP contribution is 2.23. The molecule has 142 valence electrons. The molecule has 3 rings (SSSR count). The highest BCUT2D eigenvalue weighted by molar-refractivity contribution is 5.93. The van der Waals surface area contributed by atoms with Gasteiger partial charge in [-0.3, -0.25) is 9.69 Å². The second-order valence-corrected chi connectivity index (χ2v) is 6.44. The first-order valence-corrected chi connectivity index (χ1v) is 8.60. The highest BCUT2D eigenvalue weighted by Gasteiger charge is 2.20. The summed E-state index contributed by atoms with van der Waals surface area (Å²) in [6.45, 7) is 2.29. The van der Waals surface area contributed by atoms with Crippen LogP contribution in [-0.2, 0) is 0 Å². The molecule has 0 aliphatic heterocycles. The number of carbonyl (C=O) groups is 1. The van der Waals surface area contributed by atoms with E-state index in [0.717, 1.165) is 22.8 Å². The third-order valence-electron chi connectivity index (χ3n) is 4.29. The minimum Gasteiger partial charge on any atom is -0.497 e. The molecule has 1 aromatic carbocycles. The topological polar surface area (TPSA) is 80.7 Å². The van der Waals surface area contributed by atoms with Gasteiger partial charge in [-0.25, -0.2) is 0 Å². The lowest BCUT2D eigenvalue weighted by Crippen LogP contribution is -2.34. The zero-order chi connectivity index (χ0) is 19.4. The van der Waals surface area contributed by atoms with E-state index < -0.39 is 0 Å². The second-order valence-electron chi connectivity index (χ2n) is 6.44. The molecule has 7 nitrogen and oxygen atoms in total. The molecule has 0 aliphatic carbocycles. The normalized spacial score (nSPS) is 12.2. The van der Waals surface area contributed by atoms with E-state index in [1.165, 1.54) is 0 Å². The number of furan rings is 1. The minimum atomic E-state index is -0.298. The predicted molar refractivity (Wildman–Crippen MR) is 101 cm³/mol. The van der Waals surface area contributed by atoms with Crippen molar-refractivity contribution < 1.29 is 18.5 Å². The number of rotatable bonds is 7. The van der Waals surface area contributed by atoms with E-state index in [-0.39, 0.29) is 17.6 Å². The summed E-state index contributed by atoms with van der Waals surface area (Å²) in [5.74, 6) is 2.61. The van der Waals surface area contributed by atoms with Crippen LogP contribution in [-0.4, -0.2) is 43.7 Å². The fourth-order valence-electron chi connectivity index (χ4n) is 2.72. The van der Waals surface area contributed by atoms with Crippen molar-refractivity contribution in [3.63, 3.8) is 0 Å². The number of nitrogens with one attached hydrogen (secondary N) is 1. The monoisotopic (exact) mass is 369 g/mol. The third-order valence-corrected chi connectivity index (χ3v) is 4.29. The number of aryl methyl sites for hydroxylation is 1. The molecular formula is C20H23N3O4. The Morgan fingerprint density at radius 1 is 1.22 bits per heavy atom. The maximum atomic E-state index is 12.5. The number of hydrogen-bond donors (Lipinski definition) is 1. The van der Waals surface area contributed by atoms with Crippen LogP contribution >= 0.6 is 0 Å². The molecule has 0 fully saturated rings. The van der Waals surface area contributed by atoms with Gasteiger partial charge in [0.05, 0.1) is 13.2 Å². The number of nitrogens with zero attached hydrogens (tertiary/aromatic N) is 2. The smallest absolute Gasteiger partial charge is 0.273 e. The lowest BCUT2D eigenvalue weighted by atomic mass is 10.1. The van der Waals surface area contributed by atoms with E-state index in [9.17, 15) is 4.79 Å². The second kappa shape index (κ2) is 8.09. The van der Waals surface area contributed by atoms with Crippen LogP contribution in [0.2, 0.25) is 0 Å². The lowest BCUT2D eigenvalue weighted by molar-refractivity contribution is 0.0930. The van der Waals surface area contributed by atoms with E-state index in [1.807, 2.05) is 62.3 Å². The van der Waals surface area contributed by atoms with E-state index >= 15 is 0 Å². The Balaban J connectivity index is 1.66. The van der Waals surface area contributed by atoms with Gasteiger partial charge in [-0.15, -0.1) is 0 Å². The Kier molecular flexibility index (Phi) is 5.61. The zero-order valence-electron chi connectivity index (χ0n) is 15.9. The van der Waals surface area contributed by atoms with Gasteiger partial charge in [-0.05, 0) is 57.4 Å². The number of likely N-dealkylation sites (N-methyl/N-ethyl adjacent to an activating group) is 1. The van der Waals surface area contributed by atoms with Crippen molar-refractivity contribution >= 4 is 5.91 Å². The molecule has 2 aromatic heterocycles. The summed E-state index contributed by atoms with van der Waals surface area (Å²) >= 11 is 0. The average molecular weight is 369 g/mol. The molecular weight excluding hydrogens is 346 g/mol. The first-order chi connectivity index (χ1) is 13.0. The number of methoxy groups -OCH3 is 1. The Morgan fingerprint density at radius 3 is 2.56 bits per heavy atom. The zero-order valence-corrected chi connectivity index (χ0v) is 15.9. The van der Waals surface area contributed by atoms with E-state index in [1.54, 1.807) is 13.2 Å². The number of amides is 1. The van der Waals surface area contributed by atoms with Crippen LogP contribution in [0.25, 0.3) is 11.3 Å². The van der Waals surface area contributed by atoms with Crippen LogP contribution in [0.5, 0.6) is 5.75 Å². The average Bonchev–Trinajstić information content (AvgIpc) is 3.31. The van der Waals surface area contributed by atoms with Crippen LogP contribution in [0.3, 0.4) is 0 Å². The molecule has 1 amide bonds. The van der Waals surface area contributed by atoms with Crippen molar-refractivity contribution in [1.29, 1.82) is 0 Å². The van der Waals surface area contributed by atoms with Crippen molar-refractivity contribution in [1.82, 2.24) is 15.4 Å². The van der Waals surface area contributed by atoms with Gasteiger partial charge >= 0.3 is 0 Å². The molecule has 3 aromatic rings. The molecule has 0 bridgehead atoms. The third kappa shape index (κ3) is 4.38. The van der Waals surface area contributed by atoms with Crippen molar-refractivity contribution in [2.75, 3.05) is 27.7 Å². The van der Waals surface area contributed by atoms with Crippen LogP contribution in [0.15, 0.2) is 51.4 Å². The fraction of sp³-hybridized carbons (Fsp3) is 0.300. The van der Waals surface area contributed by atoms with Gasteiger partial charge in [-0.2, -0.15) is 0 Å². The lowest BCUT2D eigenvalue weighted by Gasteiger charge is -2.22. The van der Waals surface area contributed by atoms with E-state index in [2.05, 4.69) is 10.5 Å². The van der Waals surface area contributed by atoms with Crippen LogP contribution in [0, 0.1) is 6.92 Å². The SMILES string of the molecule is COc1ccc(-c2cc(C(=O)NC[C@H](c3ccc(C)o3)N(C)C)no2)cc1. The molecule has 27 heavy (non-hydrogen) atoms. The maximum Gasteiger partial charge on any atom is 0.273 e. The molecule has 7 heteroatoms. The van der Waals surface area contributed by atoms with Crippen molar-refractivity contribution in [3.8, 4) is 17.1 Å². The largest absolute Gasteiger partial charge is 0.497 e. The van der Waals surface area contributed by atoms with E-state index in [0.29, 0.717) is 12.3 Å². The highest BCUT2D eigenvalue weighted by atomic mass is 16.5. The molecule has 0 aliphatic rings. The van der Waals surface area contributed by atoms with E-state index in [4.69, 9.17) is 13.7 Å². The molecule has 0 saturated carbocycles. The molecule has 1 atom stereocenters. The van der Waals surface area contributed by atoms with Crippen molar-refractivity contribution in [2.24, 2.45) is 0 Å². The summed E-state index contributed by atoms with van der Waals surface area (Å²) in [6, 6.07) is 12.7. The molecule has 0 unspecified atom stereocenters. The molecule has 0 saturated heterocycles. The quantitative estimate of drug-likeness (QED) is 0.688. The molecule has 0 radical (unpaired) electrons. The van der Waals surface area contributed by atoms with Gasteiger partial charge in [-0.1, -0.05) is 5.16 Å². The number of benzene rings is 1. The first-order valence-electron chi connectivity index (χ1n) is 8.60. The number of ether oxygens (including phenoxy) is 1. The first kappa shape index (κ1) is 18.7. The van der Waals surface area contributed by atoms with Crippen LogP contribution < -0.4 is 10.1 Å². The maximum absolute atomic E-state index is 12.5. The standard InChI is InChI=1S/C20H23N3O4/c1-13-5-10-18(26-13)17(23(2)3)12-21-20(24)16-11-19(27-22-16)14-6-8-15(25-4)9-7-14/h5-11,17H,12H2,1-4H3,(H,21,24)/t17-/m1/s1. The van der Waals surface area contributed by atoms with Crippen molar-refractivity contribution in [2.45, 2.75) is 13.0 Å². The fourth-order valence-corrected chi connectivity index (χ4v) is 2.72. The van der Waals surface area contributed by atoms with Gasteiger partial charge in [0.2, 0.25) is 0 Å². The molecule has 0 spiro atoms. The van der Waals surface area contributed by atoms with Gasteiger partial charge in [0.15, 0.2) is 11.5 Å². The van der Waals surface area contributed by atoms with Gasteiger partial charge in [0.25, 0.3) is 5.91 Å². The summed E-state index contributed by atoms with van der Waals surface area (Å²) in [4.78, 5) is 14.4. The Labute approximate surface area is 157 Å². The van der Waals surface area contributed by atoms with Crippen molar-refractivity contribution in [3.05, 3.63) is 59.7 Å². The summed E-state index contributed by atoms with van der Waals surface area (Å²) in [5.41, 5.74) is 1.05. The molecule has 1 N–H and O–H groups in total. The Bertz CT molecular complexity index is 896. The number of carbonyl (C=O) groups excluding carboxylic acids is 1. The minimum absolute atomic E-state index is 0.0735. The number of aromatic nitrogens is 1. The van der Waals surface area contributed by atoms with Gasteiger partial charge in [0, 0.05) is 18.2 Å². The summed E-state index contributed by atoms with van der Waals surface area (Å²) in [7, 11) is 5.48. The van der Waals surface area contributed by atoms with Gasteiger partial charge in [0.1, 0.15) is 17.3 Å². The predicted octanol–water partition coefficient (Wildman–Crippen LogP) is 3.28. The van der Waals surface area contributed by atoms with Crippen LogP contribution in [0.1, 0.15) is 28.1 Å². The molecule has 2 heterocycles. The Hall–Kier alpha value is -3.06.